The van der Waals surface area contributed by atoms with Gasteiger partial charge in [0.15, 0.2) is 0 Å². The van der Waals surface area contributed by atoms with Gasteiger partial charge in [-0.2, -0.15) is 0 Å². The number of quaternary nitrogens is 1. The van der Waals surface area contributed by atoms with E-state index in [-0.39, 0.29) is 0 Å². The molecule has 1 aromatic rings. The SMILES string of the molecule is C[N+](C)(C)[BH-](C#N)Cc1ccccc1. The smallest absolute Gasteiger partial charge is 0.298 e. The lowest BCUT2D eigenvalue weighted by molar-refractivity contribution is -0.760. The highest BCUT2D eigenvalue weighted by molar-refractivity contribution is 6.59. The lowest BCUT2D eigenvalue weighted by atomic mass is 9.56. The predicted octanol–water partition coefficient (Wildman–Crippen LogP) is 1.26. The van der Waals surface area contributed by atoms with Crippen molar-refractivity contribution in [1.29, 1.82) is 5.26 Å². The molecular weight excluding hydrogens is 171 g/mol. The van der Waals surface area contributed by atoms with Gasteiger partial charge in [0.05, 0.1) is 0 Å². The molecule has 0 heterocycles. The van der Waals surface area contributed by atoms with Gasteiger partial charge in [-0.25, -0.2) is 5.26 Å². The predicted molar refractivity (Wildman–Crippen MR) is 60.9 cm³/mol. The van der Waals surface area contributed by atoms with Gasteiger partial charge in [0.25, 0.3) is 6.85 Å². The van der Waals surface area contributed by atoms with Gasteiger partial charge in [-0.15, -0.1) is 0 Å². The first kappa shape index (κ1) is 10.8. The average Bonchev–Trinajstić information content (AvgIpc) is 2.14. The third-order valence-electron chi connectivity index (χ3n) is 2.70. The first-order chi connectivity index (χ1) is 6.54. The Morgan fingerprint density at radius 1 is 1.21 bits per heavy atom. The summed E-state index contributed by atoms with van der Waals surface area (Å²) < 4.78 is 0.769. The standard InChI is InChI=1S/C11H17BN2/c1-14(2,3)12(10-13)9-11-7-5-4-6-8-11/h4-8,12H,9H2,1-3H3. The van der Waals surface area contributed by atoms with Gasteiger partial charge in [0, 0.05) is 21.1 Å². The van der Waals surface area contributed by atoms with E-state index in [2.05, 4.69) is 39.2 Å². The molecular formula is C11H17BN2. The minimum absolute atomic E-state index is 0.769. The van der Waals surface area contributed by atoms with E-state index < -0.39 is 6.85 Å². The first-order valence-electron chi connectivity index (χ1n) is 5.00. The normalized spacial score (nSPS) is 13.3. The van der Waals surface area contributed by atoms with Gasteiger partial charge in [-0.1, -0.05) is 48.2 Å². The molecule has 1 aromatic carbocycles. The summed E-state index contributed by atoms with van der Waals surface area (Å²) in [7, 11) is 6.27. The molecule has 74 valence electrons. The fraction of sp³-hybridized carbons (Fsp3) is 0.364. The summed E-state index contributed by atoms with van der Waals surface area (Å²) in [6.45, 7) is -0.821. The molecule has 0 aliphatic rings. The quantitative estimate of drug-likeness (QED) is 0.655. The van der Waals surface area contributed by atoms with Crippen LogP contribution in [0.4, 0.5) is 0 Å². The van der Waals surface area contributed by atoms with Crippen molar-refractivity contribution in [1.82, 2.24) is 0 Å². The van der Waals surface area contributed by atoms with E-state index in [1.807, 2.05) is 18.2 Å². The van der Waals surface area contributed by atoms with Gasteiger partial charge in [0.1, 0.15) is 0 Å². The largest absolute Gasteiger partial charge is 0.513 e. The highest BCUT2D eigenvalue weighted by Gasteiger charge is 2.18. The lowest BCUT2D eigenvalue weighted by Crippen LogP contribution is -2.49. The zero-order valence-corrected chi connectivity index (χ0v) is 9.20. The Morgan fingerprint density at radius 2 is 1.79 bits per heavy atom. The third-order valence-corrected chi connectivity index (χ3v) is 2.70. The average molecular weight is 188 g/mol. The van der Waals surface area contributed by atoms with Crippen molar-refractivity contribution in [3.05, 3.63) is 35.9 Å². The van der Waals surface area contributed by atoms with E-state index in [1.165, 1.54) is 5.56 Å². The Morgan fingerprint density at radius 3 is 2.21 bits per heavy atom. The van der Waals surface area contributed by atoms with Crippen molar-refractivity contribution in [3.8, 4) is 5.97 Å². The summed E-state index contributed by atoms with van der Waals surface area (Å²) in [6, 6.07) is 10.2. The molecule has 1 unspecified atom stereocenters. The molecule has 0 aromatic heterocycles. The summed E-state index contributed by atoms with van der Waals surface area (Å²) in [5, 5.41) is 9.09. The maximum atomic E-state index is 9.09. The molecule has 1 atom stereocenters. The Kier molecular flexibility index (Phi) is 3.32. The van der Waals surface area contributed by atoms with Crippen LogP contribution in [0.15, 0.2) is 30.3 Å². The monoisotopic (exact) mass is 188 g/mol. The second-order valence-electron chi connectivity index (χ2n) is 4.82. The maximum Gasteiger partial charge on any atom is 0.298 e. The number of rotatable bonds is 3. The summed E-state index contributed by atoms with van der Waals surface area (Å²) in [4.78, 5) is 0. The summed E-state index contributed by atoms with van der Waals surface area (Å²) >= 11 is 0. The minimum atomic E-state index is -0.821. The number of nitrogens with zero attached hydrogens (tertiary/aromatic N) is 2. The number of hydrogen-bond acceptors (Lipinski definition) is 1. The zero-order chi connectivity index (χ0) is 10.6. The van der Waals surface area contributed by atoms with E-state index in [9.17, 15) is 0 Å². The van der Waals surface area contributed by atoms with Crippen LogP contribution in [-0.2, 0) is 6.32 Å². The molecule has 0 bridgehead atoms. The van der Waals surface area contributed by atoms with E-state index >= 15 is 0 Å². The molecule has 0 aliphatic heterocycles. The Balaban J connectivity index is 2.74. The van der Waals surface area contributed by atoms with Gasteiger partial charge in [0.2, 0.25) is 0 Å². The van der Waals surface area contributed by atoms with Crippen LogP contribution in [0, 0.1) is 11.2 Å². The highest BCUT2D eigenvalue weighted by atomic mass is 15.2. The molecule has 0 amide bonds. The lowest BCUT2D eigenvalue weighted by Gasteiger charge is -2.38. The van der Waals surface area contributed by atoms with Crippen LogP contribution in [0.5, 0.6) is 0 Å². The van der Waals surface area contributed by atoms with Gasteiger partial charge >= 0.3 is 0 Å². The molecule has 0 spiro atoms. The Labute approximate surface area is 86.5 Å². The van der Waals surface area contributed by atoms with E-state index in [0.717, 1.165) is 10.7 Å². The number of nitriles is 1. The maximum absolute atomic E-state index is 9.09. The molecule has 3 heteroatoms. The van der Waals surface area contributed by atoms with E-state index in [0.29, 0.717) is 0 Å². The van der Waals surface area contributed by atoms with Gasteiger partial charge < -0.3 is 4.39 Å². The third kappa shape index (κ3) is 2.90. The van der Waals surface area contributed by atoms with E-state index in [1.54, 1.807) is 0 Å². The highest BCUT2D eigenvalue weighted by Crippen LogP contribution is 2.06. The zero-order valence-electron chi connectivity index (χ0n) is 9.20. The molecule has 2 nitrogen and oxygen atoms in total. The van der Waals surface area contributed by atoms with Crippen LogP contribution in [0.1, 0.15) is 5.56 Å². The van der Waals surface area contributed by atoms with Crippen molar-refractivity contribution in [2.45, 2.75) is 6.32 Å². The fourth-order valence-electron chi connectivity index (χ4n) is 1.52. The summed E-state index contributed by atoms with van der Waals surface area (Å²) in [5.74, 6) is 2.45. The first-order valence-corrected chi connectivity index (χ1v) is 5.00. The Hall–Kier alpha value is -1.27. The van der Waals surface area contributed by atoms with Crippen molar-refractivity contribution in [2.75, 3.05) is 21.1 Å². The van der Waals surface area contributed by atoms with Crippen LogP contribution in [-0.4, -0.2) is 32.4 Å². The fourth-order valence-corrected chi connectivity index (χ4v) is 1.52. The number of benzene rings is 1. The molecule has 0 radical (unpaired) electrons. The molecule has 0 saturated carbocycles. The van der Waals surface area contributed by atoms with Crippen molar-refractivity contribution in [3.63, 3.8) is 0 Å². The second-order valence-corrected chi connectivity index (χ2v) is 4.82. The topological polar surface area (TPSA) is 23.8 Å². The van der Waals surface area contributed by atoms with Gasteiger partial charge in [-0.3, -0.25) is 0 Å². The molecule has 0 aliphatic carbocycles. The summed E-state index contributed by atoms with van der Waals surface area (Å²) in [5.41, 5.74) is 1.27. The molecule has 0 saturated heterocycles. The van der Waals surface area contributed by atoms with E-state index in [4.69, 9.17) is 5.26 Å². The molecule has 0 N–H and O–H groups in total. The van der Waals surface area contributed by atoms with Crippen molar-refractivity contribution < 1.29 is 4.39 Å². The van der Waals surface area contributed by atoms with Crippen LogP contribution < -0.4 is 0 Å². The Bertz CT molecular complexity index is 321. The molecule has 14 heavy (non-hydrogen) atoms. The van der Waals surface area contributed by atoms with Crippen LogP contribution >= 0.6 is 0 Å². The molecule has 1 rings (SSSR count). The second kappa shape index (κ2) is 4.30. The van der Waals surface area contributed by atoms with Gasteiger partial charge in [-0.05, 0) is 0 Å². The van der Waals surface area contributed by atoms with Crippen LogP contribution in [0.3, 0.4) is 0 Å². The van der Waals surface area contributed by atoms with Crippen LogP contribution in [0.25, 0.3) is 0 Å². The molecule has 0 fully saturated rings. The number of hydrogen-bond donors (Lipinski definition) is 0. The van der Waals surface area contributed by atoms with Crippen molar-refractivity contribution in [2.24, 2.45) is 0 Å². The minimum Gasteiger partial charge on any atom is -0.513 e. The summed E-state index contributed by atoms with van der Waals surface area (Å²) in [6.07, 6.45) is 0.904. The van der Waals surface area contributed by atoms with Crippen molar-refractivity contribution >= 4 is 6.85 Å². The van der Waals surface area contributed by atoms with Crippen LogP contribution in [0.2, 0.25) is 0 Å².